The number of carbonyl (C=O) groups is 1. The standard InChI is InChI=1S/C18H12F6N2O3.C16H8F6N2O2/c19-17(20,21)12-7-11(8-13-14(12)26-16(25-13)18(22,23)24)29-10-3-1-9(2-4-10)15-27-5-6-28-15;17-15(18,19)11-5-10(26-9-3-1-8(7-25)2-4-9)6-12-13(11)24-14(23-12)16(20,21)22/h1-4,7-8,15H,5-6H2,(H,25,26);1-7H,(H,23,24). The van der Waals surface area contributed by atoms with Gasteiger partial charge in [-0.2, -0.15) is 52.7 Å². The quantitative estimate of drug-likeness (QED) is 0.128. The predicted molar refractivity (Wildman–Crippen MR) is 165 cm³/mol. The molecule has 7 rings (SSSR count). The van der Waals surface area contributed by atoms with Crippen LogP contribution in [0.4, 0.5) is 52.7 Å². The number of imidazole rings is 2. The van der Waals surface area contributed by atoms with Crippen LogP contribution < -0.4 is 9.47 Å². The summed E-state index contributed by atoms with van der Waals surface area (Å²) in [6.45, 7) is 0.903. The van der Waals surface area contributed by atoms with Gasteiger partial charge in [0.05, 0.1) is 35.4 Å². The molecule has 0 atom stereocenters. The summed E-state index contributed by atoms with van der Waals surface area (Å²) in [6, 6.07) is 14.9. The molecule has 1 aliphatic heterocycles. The van der Waals surface area contributed by atoms with Gasteiger partial charge >= 0.3 is 24.7 Å². The van der Waals surface area contributed by atoms with Gasteiger partial charge in [0, 0.05) is 23.3 Å². The molecular formula is C34H20F12N4O5. The molecule has 0 amide bonds. The van der Waals surface area contributed by atoms with Crippen molar-refractivity contribution < 1.29 is 76.4 Å². The Morgan fingerprint density at radius 1 is 0.564 bits per heavy atom. The first-order chi connectivity index (χ1) is 25.7. The Hall–Kier alpha value is -5.83. The fourth-order valence-electron chi connectivity index (χ4n) is 5.13. The second-order valence-corrected chi connectivity index (χ2v) is 11.4. The highest BCUT2D eigenvalue weighted by Gasteiger charge is 2.40. The summed E-state index contributed by atoms with van der Waals surface area (Å²) >= 11 is 0. The number of alkyl halides is 12. The van der Waals surface area contributed by atoms with Gasteiger partial charge in [-0.15, -0.1) is 0 Å². The Kier molecular flexibility index (Phi) is 10.2. The van der Waals surface area contributed by atoms with Crippen LogP contribution in [0.2, 0.25) is 0 Å². The molecule has 0 saturated carbocycles. The lowest BCUT2D eigenvalue weighted by Crippen LogP contribution is -2.08. The van der Waals surface area contributed by atoms with Crippen molar-refractivity contribution in [2.45, 2.75) is 31.0 Å². The molecule has 2 aromatic heterocycles. The summed E-state index contributed by atoms with van der Waals surface area (Å²) in [6.07, 6.45) is -19.6. The van der Waals surface area contributed by atoms with Crippen LogP contribution in [0.15, 0.2) is 72.8 Å². The fourth-order valence-corrected chi connectivity index (χ4v) is 5.13. The molecule has 9 nitrogen and oxygen atoms in total. The summed E-state index contributed by atoms with van der Waals surface area (Å²) < 4.78 is 178. The molecule has 21 heteroatoms. The van der Waals surface area contributed by atoms with Crippen LogP contribution >= 0.6 is 0 Å². The SMILES string of the molecule is FC(F)(F)c1nc2c(C(F)(F)F)cc(Oc3ccc(C4OCCO4)cc3)cc2[nH]1.O=Cc1ccc(Oc2cc(C(F)(F)F)c3nc(C(F)(F)F)[nH]c3c2)cc1. The highest BCUT2D eigenvalue weighted by Crippen LogP contribution is 2.41. The highest BCUT2D eigenvalue weighted by atomic mass is 19.4. The van der Waals surface area contributed by atoms with Crippen molar-refractivity contribution >= 4 is 28.4 Å². The van der Waals surface area contributed by atoms with E-state index in [1.54, 1.807) is 12.1 Å². The van der Waals surface area contributed by atoms with Gasteiger partial charge in [0.15, 0.2) is 6.29 Å². The average molecular weight is 793 g/mol. The number of fused-ring (bicyclic) bond motifs is 2. The van der Waals surface area contributed by atoms with Crippen molar-refractivity contribution in [1.82, 2.24) is 19.9 Å². The largest absolute Gasteiger partial charge is 0.457 e. The van der Waals surface area contributed by atoms with Crippen molar-refractivity contribution in [2.24, 2.45) is 0 Å². The molecule has 0 radical (unpaired) electrons. The molecule has 0 bridgehead atoms. The monoisotopic (exact) mass is 792 g/mol. The van der Waals surface area contributed by atoms with E-state index in [0.29, 0.717) is 42.8 Å². The summed E-state index contributed by atoms with van der Waals surface area (Å²) in [5.74, 6) is -3.38. The second kappa shape index (κ2) is 14.4. The Labute approximate surface area is 298 Å². The number of hydrogen-bond acceptors (Lipinski definition) is 7. The third kappa shape index (κ3) is 8.94. The maximum atomic E-state index is 13.3. The second-order valence-electron chi connectivity index (χ2n) is 11.4. The van der Waals surface area contributed by atoms with E-state index in [2.05, 4.69) is 9.97 Å². The van der Waals surface area contributed by atoms with E-state index in [1.807, 2.05) is 9.97 Å². The first kappa shape index (κ1) is 38.9. The molecule has 290 valence electrons. The number of aromatic amines is 2. The molecule has 3 heterocycles. The molecule has 1 aliphatic rings. The number of aromatic nitrogens is 4. The number of nitrogens with zero attached hydrogens (tertiary/aromatic N) is 2. The molecule has 0 aliphatic carbocycles. The van der Waals surface area contributed by atoms with Gasteiger partial charge < -0.3 is 28.9 Å². The molecule has 55 heavy (non-hydrogen) atoms. The average Bonchev–Trinajstić information content (AvgIpc) is 3.88. The van der Waals surface area contributed by atoms with Crippen molar-refractivity contribution in [1.29, 1.82) is 0 Å². The zero-order valence-corrected chi connectivity index (χ0v) is 27.0. The van der Waals surface area contributed by atoms with E-state index in [1.165, 1.54) is 36.4 Å². The molecule has 0 spiro atoms. The minimum absolute atomic E-state index is 0.110. The number of aldehydes is 1. The molecule has 1 saturated heterocycles. The number of H-pyrrole nitrogens is 2. The van der Waals surface area contributed by atoms with Gasteiger partial charge in [-0.3, -0.25) is 4.79 Å². The smallest absolute Gasteiger partial charge is 0.449 e. The summed E-state index contributed by atoms with van der Waals surface area (Å²) in [5, 5.41) is 0. The van der Waals surface area contributed by atoms with E-state index in [0.717, 1.165) is 12.1 Å². The van der Waals surface area contributed by atoms with Gasteiger partial charge in [0.1, 0.15) is 40.3 Å². The molecule has 4 aromatic carbocycles. The maximum absolute atomic E-state index is 13.3. The lowest BCUT2D eigenvalue weighted by molar-refractivity contribution is -0.145. The molecule has 2 N–H and O–H groups in total. The van der Waals surface area contributed by atoms with E-state index in [4.69, 9.17) is 18.9 Å². The van der Waals surface area contributed by atoms with Gasteiger partial charge in [0.25, 0.3) is 0 Å². The Bertz CT molecular complexity index is 2310. The van der Waals surface area contributed by atoms with Crippen molar-refractivity contribution in [2.75, 3.05) is 13.2 Å². The predicted octanol–water partition coefficient (Wildman–Crippen LogP) is 10.6. The number of hydrogen-bond donors (Lipinski definition) is 2. The van der Waals surface area contributed by atoms with Crippen LogP contribution in [-0.2, 0) is 34.2 Å². The van der Waals surface area contributed by atoms with Crippen LogP contribution in [0.3, 0.4) is 0 Å². The van der Waals surface area contributed by atoms with Gasteiger partial charge in [-0.25, -0.2) is 9.97 Å². The van der Waals surface area contributed by atoms with Gasteiger partial charge in [0.2, 0.25) is 11.6 Å². The van der Waals surface area contributed by atoms with E-state index in [9.17, 15) is 57.5 Å². The topological polar surface area (TPSA) is 111 Å². The van der Waals surface area contributed by atoms with Crippen LogP contribution in [0.1, 0.15) is 45.0 Å². The minimum Gasteiger partial charge on any atom is -0.457 e. The van der Waals surface area contributed by atoms with Crippen molar-refractivity contribution in [3.63, 3.8) is 0 Å². The molecule has 1 fully saturated rings. The van der Waals surface area contributed by atoms with Gasteiger partial charge in [-0.1, -0.05) is 12.1 Å². The Morgan fingerprint density at radius 2 is 0.964 bits per heavy atom. The van der Waals surface area contributed by atoms with E-state index < -0.39 is 75.8 Å². The van der Waals surface area contributed by atoms with E-state index >= 15 is 0 Å². The molecule has 6 aromatic rings. The fraction of sp³-hybridized carbons (Fsp3) is 0.206. The van der Waals surface area contributed by atoms with Crippen LogP contribution in [0, 0.1) is 0 Å². The first-order valence-electron chi connectivity index (χ1n) is 15.3. The zero-order chi connectivity index (χ0) is 39.9. The number of halogens is 12. The normalized spacial score (nSPS) is 14.3. The summed E-state index contributed by atoms with van der Waals surface area (Å²) in [4.78, 5) is 20.4. The van der Waals surface area contributed by atoms with Crippen LogP contribution in [0.25, 0.3) is 22.1 Å². The maximum Gasteiger partial charge on any atom is 0.449 e. The Balaban J connectivity index is 0.000000188. The van der Waals surface area contributed by atoms with Crippen molar-refractivity contribution in [3.05, 3.63) is 107 Å². The Morgan fingerprint density at radius 3 is 1.33 bits per heavy atom. The van der Waals surface area contributed by atoms with Crippen LogP contribution in [0.5, 0.6) is 23.0 Å². The number of nitrogens with one attached hydrogen (secondary N) is 2. The van der Waals surface area contributed by atoms with E-state index in [-0.39, 0.29) is 23.0 Å². The number of benzene rings is 4. The third-order valence-electron chi connectivity index (χ3n) is 7.53. The van der Waals surface area contributed by atoms with Crippen molar-refractivity contribution in [3.8, 4) is 23.0 Å². The lowest BCUT2D eigenvalue weighted by Gasteiger charge is -2.12. The van der Waals surface area contributed by atoms with Gasteiger partial charge in [-0.05, 0) is 48.5 Å². The number of carbonyl (C=O) groups excluding carboxylic acids is 1. The first-order valence-corrected chi connectivity index (χ1v) is 15.3. The highest BCUT2D eigenvalue weighted by molar-refractivity contribution is 5.82. The molecule has 0 unspecified atom stereocenters. The van der Waals surface area contributed by atoms with Crippen LogP contribution in [-0.4, -0.2) is 39.4 Å². The summed E-state index contributed by atoms with van der Waals surface area (Å²) in [5.41, 5.74) is -4.26. The number of ether oxygens (including phenoxy) is 4. The minimum atomic E-state index is -4.93. The number of rotatable bonds is 6. The molecular weight excluding hydrogens is 772 g/mol. The zero-order valence-electron chi connectivity index (χ0n) is 27.0. The summed E-state index contributed by atoms with van der Waals surface area (Å²) in [7, 11) is 0. The lowest BCUT2D eigenvalue weighted by atomic mass is 10.1. The third-order valence-corrected chi connectivity index (χ3v) is 7.53.